The van der Waals surface area contributed by atoms with Gasteiger partial charge in [-0.1, -0.05) is 60.7 Å². The largest absolute Gasteiger partial charge is 0.507 e. The molecule has 0 bridgehead atoms. The highest BCUT2D eigenvalue weighted by Crippen LogP contribution is 2.44. The molecule has 1 atom stereocenters. The molecular weight excluding hydrogens is 462 g/mol. The summed E-state index contributed by atoms with van der Waals surface area (Å²) in [4.78, 5) is 28.7. The third-order valence-corrected chi connectivity index (χ3v) is 6.52. The maximum absolute atomic E-state index is 13.6. The van der Waals surface area contributed by atoms with Crippen molar-refractivity contribution in [1.29, 1.82) is 0 Å². The molecule has 0 spiro atoms. The number of aliphatic hydroxyl groups is 1. The van der Waals surface area contributed by atoms with Crippen LogP contribution in [0.15, 0.2) is 90.5 Å². The zero-order valence-corrected chi connectivity index (χ0v) is 21.4. The van der Waals surface area contributed by atoms with E-state index < -0.39 is 17.7 Å². The number of aliphatic hydroxyl groups excluding tert-OH is 1. The maximum atomic E-state index is 13.6. The molecule has 0 aliphatic carbocycles. The van der Waals surface area contributed by atoms with Crippen LogP contribution in [0.25, 0.3) is 16.5 Å². The molecule has 0 radical (unpaired) electrons. The van der Waals surface area contributed by atoms with Crippen molar-refractivity contribution in [3.8, 4) is 5.75 Å². The predicted octanol–water partition coefficient (Wildman–Crippen LogP) is 6.87. The van der Waals surface area contributed by atoms with Crippen LogP contribution in [0.3, 0.4) is 0 Å². The molecule has 1 aliphatic rings. The Labute approximate surface area is 216 Å². The second kappa shape index (κ2) is 9.58. The van der Waals surface area contributed by atoms with E-state index in [0.29, 0.717) is 22.6 Å². The zero-order valence-electron chi connectivity index (χ0n) is 21.4. The molecule has 1 heterocycles. The minimum Gasteiger partial charge on any atom is -0.507 e. The van der Waals surface area contributed by atoms with Crippen molar-refractivity contribution in [1.82, 2.24) is 0 Å². The van der Waals surface area contributed by atoms with Gasteiger partial charge in [0.15, 0.2) is 0 Å². The number of hydrogen-bond donors (Lipinski definition) is 1. The Morgan fingerprint density at radius 1 is 0.865 bits per heavy atom. The minimum atomic E-state index is -0.823. The standard InChI is InChI=1S/C32H29NO4/c1-19(2)37-25-12-7-11-23(18-25)29-28(30(34)27-14-8-10-22-9-5-6-13-26(22)27)31(35)32(36)33(29)24-16-20(3)15-21(4)17-24/h5-19,29,34H,1-4H3/b30-28-. The Hall–Kier alpha value is -4.38. The molecule has 5 nitrogen and oxygen atoms in total. The average molecular weight is 492 g/mol. The van der Waals surface area contributed by atoms with Gasteiger partial charge in [-0.25, -0.2) is 0 Å². The summed E-state index contributed by atoms with van der Waals surface area (Å²) in [5.41, 5.74) is 3.80. The highest BCUT2D eigenvalue weighted by atomic mass is 16.5. The highest BCUT2D eigenvalue weighted by molar-refractivity contribution is 6.51. The Bertz CT molecular complexity index is 1540. The number of amides is 1. The summed E-state index contributed by atoms with van der Waals surface area (Å²) in [6, 6.07) is 25.6. The second-order valence-corrected chi connectivity index (χ2v) is 9.78. The van der Waals surface area contributed by atoms with Gasteiger partial charge in [-0.3, -0.25) is 14.5 Å². The predicted molar refractivity (Wildman–Crippen MR) is 147 cm³/mol. The molecule has 1 aliphatic heterocycles. The number of fused-ring (bicyclic) bond motifs is 1. The van der Waals surface area contributed by atoms with Crippen molar-refractivity contribution < 1.29 is 19.4 Å². The molecular formula is C32H29NO4. The van der Waals surface area contributed by atoms with Crippen molar-refractivity contribution in [3.05, 3.63) is 113 Å². The van der Waals surface area contributed by atoms with Gasteiger partial charge in [0.2, 0.25) is 0 Å². The number of ketones is 1. The third-order valence-electron chi connectivity index (χ3n) is 6.52. The lowest BCUT2D eigenvalue weighted by Crippen LogP contribution is -2.29. The van der Waals surface area contributed by atoms with Crippen LogP contribution < -0.4 is 9.64 Å². The highest BCUT2D eigenvalue weighted by Gasteiger charge is 2.47. The van der Waals surface area contributed by atoms with Crippen molar-refractivity contribution in [3.63, 3.8) is 0 Å². The Kier molecular flexibility index (Phi) is 6.30. The minimum absolute atomic E-state index is 0.0447. The summed E-state index contributed by atoms with van der Waals surface area (Å²) < 4.78 is 5.92. The fraction of sp³-hybridized carbons (Fsp3) is 0.188. The number of Topliss-reactive ketones (excluding diaryl/α,β-unsaturated/α-hetero) is 1. The van der Waals surface area contributed by atoms with Crippen LogP contribution in [-0.2, 0) is 9.59 Å². The molecule has 1 unspecified atom stereocenters. The summed E-state index contributed by atoms with van der Waals surface area (Å²) in [7, 11) is 0. The van der Waals surface area contributed by atoms with Crippen LogP contribution in [0.2, 0.25) is 0 Å². The molecule has 4 aromatic carbocycles. The van der Waals surface area contributed by atoms with E-state index in [-0.39, 0.29) is 17.4 Å². The lowest BCUT2D eigenvalue weighted by atomic mass is 9.93. The first-order chi connectivity index (χ1) is 17.7. The van der Waals surface area contributed by atoms with Gasteiger partial charge in [0.05, 0.1) is 17.7 Å². The van der Waals surface area contributed by atoms with Gasteiger partial charge in [0.1, 0.15) is 11.5 Å². The molecule has 1 saturated heterocycles. The molecule has 37 heavy (non-hydrogen) atoms. The number of anilines is 1. The lowest BCUT2D eigenvalue weighted by molar-refractivity contribution is -0.132. The number of benzene rings is 4. The van der Waals surface area contributed by atoms with E-state index in [1.54, 1.807) is 6.07 Å². The Morgan fingerprint density at radius 2 is 1.54 bits per heavy atom. The van der Waals surface area contributed by atoms with Gasteiger partial charge in [0, 0.05) is 11.3 Å². The normalized spacial score (nSPS) is 17.1. The number of carbonyl (C=O) groups excluding carboxylic acids is 2. The van der Waals surface area contributed by atoms with Gasteiger partial charge >= 0.3 is 0 Å². The number of aryl methyl sites for hydroxylation is 2. The van der Waals surface area contributed by atoms with Crippen LogP contribution in [0.1, 0.15) is 42.1 Å². The topological polar surface area (TPSA) is 66.8 Å². The molecule has 5 heteroatoms. The maximum Gasteiger partial charge on any atom is 0.300 e. The lowest BCUT2D eigenvalue weighted by Gasteiger charge is -2.26. The summed E-state index contributed by atoms with van der Waals surface area (Å²) in [5.74, 6) is -0.956. The summed E-state index contributed by atoms with van der Waals surface area (Å²) in [5, 5.41) is 13.4. The van der Waals surface area contributed by atoms with Gasteiger partial charge < -0.3 is 9.84 Å². The fourth-order valence-corrected chi connectivity index (χ4v) is 5.11. The fourth-order valence-electron chi connectivity index (χ4n) is 5.11. The second-order valence-electron chi connectivity index (χ2n) is 9.78. The van der Waals surface area contributed by atoms with Crippen LogP contribution in [0, 0.1) is 13.8 Å². The first-order valence-electron chi connectivity index (χ1n) is 12.4. The smallest absolute Gasteiger partial charge is 0.300 e. The molecule has 186 valence electrons. The van der Waals surface area contributed by atoms with E-state index in [1.807, 2.05) is 107 Å². The van der Waals surface area contributed by atoms with Crippen LogP contribution in [-0.4, -0.2) is 22.9 Å². The molecule has 0 saturated carbocycles. The van der Waals surface area contributed by atoms with Crippen LogP contribution in [0.5, 0.6) is 5.75 Å². The Morgan fingerprint density at radius 3 is 2.27 bits per heavy atom. The average Bonchev–Trinajstić information content (AvgIpc) is 3.13. The van der Waals surface area contributed by atoms with Crippen molar-refractivity contribution in [2.75, 3.05) is 4.90 Å². The van der Waals surface area contributed by atoms with Gasteiger partial charge in [-0.15, -0.1) is 0 Å². The number of ether oxygens (including phenoxy) is 1. The van der Waals surface area contributed by atoms with Crippen molar-refractivity contribution >= 4 is 33.9 Å². The van der Waals surface area contributed by atoms with Gasteiger partial charge in [-0.2, -0.15) is 0 Å². The molecule has 4 aromatic rings. The molecule has 5 rings (SSSR count). The van der Waals surface area contributed by atoms with E-state index in [0.717, 1.165) is 21.9 Å². The van der Waals surface area contributed by atoms with E-state index >= 15 is 0 Å². The molecule has 1 amide bonds. The zero-order chi connectivity index (χ0) is 26.3. The molecule has 1 N–H and O–H groups in total. The molecule has 0 aromatic heterocycles. The number of nitrogens with zero attached hydrogens (tertiary/aromatic N) is 1. The van der Waals surface area contributed by atoms with Crippen LogP contribution in [0.4, 0.5) is 5.69 Å². The van der Waals surface area contributed by atoms with E-state index in [4.69, 9.17) is 4.74 Å². The van der Waals surface area contributed by atoms with Gasteiger partial charge in [-0.05, 0) is 79.4 Å². The third kappa shape index (κ3) is 4.49. The number of rotatable bonds is 5. The van der Waals surface area contributed by atoms with E-state index in [2.05, 4.69) is 0 Å². The number of carbonyl (C=O) groups is 2. The summed E-state index contributed by atoms with van der Waals surface area (Å²) in [6.07, 6.45) is -0.0447. The van der Waals surface area contributed by atoms with E-state index in [9.17, 15) is 14.7 Å². The van der Waals surface area contributed by atoms with Crippen molar-refractivity contribution in [2.45, 2.75) is 39.8 Å². The number of hydrogen-bond acceptors (Lipinski definition) is 4. The Balaban J connectivity index is 1.77. The SMILES string of the molecule is Cc1cc(C)cc(N2C(=O)C(=O)/C(=C(\O)c3cccc4ccccc34)C2c2cccc(OC(C)C)c2)c1. The van der Waals surface area contributed by atoms with Crippen LogP contribution >= 0.6 is 0 Å². The summed E-state index contributed by atoms with van der Waals surface area (Å²) in [6.45, 7) is 7.79. The van der Waals surface area contributed by atoms with Gasteiger partial charge in [0.25, 0.3) is 11.7 Å². The summed E-state index contributed by atoms with van der Waals surface area (Å²) >= 11 is 0. The molecule has 1 fully saturated rings. The van der Waals surface area contributed by atoms with Crippen molar-refractivity contribution in [2.24, 2.45) is 0 Å². The first kappa shape index (κ1) is 24.3. The quantitative estimate of drug-likeness (QED) is 0.188. The van der Waals surface area contributed by atoms with E-state index in [1.165, 1.54) is 4.90 Å². The first-order valence-corrected chi connectivity index (χ1v) is 12.4. The monoisotopic (exact) mass is 491 g/mol.